The monoisotopic (exact) mass is 510 g/mol. The van der Waals surface area contributed by atoms with Gasteiger partial charge in [0.2, 0.25) is 17.7 Å². The SMILES string of the molecule is COc1ccccc1N1C(=O)[C@@H]2[C@H](C1=O)[C@H](C(=O)Nc1ccc([N+](=O)[O-])cc1)N1c3ccccc3C=C[C@H]21. The summed E-state index contributed by atoms with van der Waals surface area (Å²) < 4.78 is 5.41. The van der Waals surface area contributed by atoms with E-state index in [0.29, 0.717) is 17.1 Å². The molecule has 10 nitrogen and oxygen atoms in total. The fourth-order valence-corrected chi connectivity index (χ4v) is 5.75. The molecular formula is C28H22N4O6. The van der Waals surface area contributed by atoms with E-state index in [0.717, 1.165) is 16.2 Å². The largest absolute Gasteiger partial charge is 0.495 e. The highest BCUT2D eigenvalue weighted by atomic mass is 16.6. The zero-order chi connectivity index (χ0) is 26.6. The lowest BCUT2D eigenvalue weighted by molar-refractivity contribution is -0.384. The van der Waals surface area contributed by atoms with E-state index in [1.807, 2.05) is 41.3 Å². The molecule has 38 heavy (non-hydrogen) atoms. The number of nitrogens with one attached hydrogen (secondary N) is 1. The average molecular weight is 511 g/mol. The Hall–Kier alpha value is -4.99. The smallest absolute Gasteiger partial charge is 0.269 e. The first-order valence-corrected chi connectivity index (χ1v) is 12.0. The van der Waals surface area contributed by atoms with E-state index in [-0.39, 0.29) is 5.69 Å². The average Bonchev–Trinajstić information content (AvgIpc) is 3.41. The molecule has 4 atom stereocenters. The van der Waals surface area contributed by atoms with Crippen LogP contribution in [0.4, 0.5) is 22.7 Å². The second kappa shape index (κ2) is 8.84. The summed E-state index contributed by atoms with van der Waals surface area (Å²) in [6, 6.07) is 18.2. The van der Waals surface area contributed by atoms with Gasteiger partial charge in [0.25, 0.3) is 5.69 Å². The molecule has 0 aromatic heterocycles. The second-order valence-electron chi connectivity index (χ2n) is 9.29. The van der Waals surface area contributed by atoms with Gasteiger partial charge in [-0.2, -0.15) is 0 Å². The van der Waals surface area contributed by atoms with Crippen LogP contribution < -0.4 is 19.9 Å². The summed E-state index contributed by atoms with van der Waals surface area (Å²) in [5.41, 5.74) is 2.20. The number of nitrogens with zero attached hydrogens (tertiary/aromatic N) is 3. The molecule has 3 amide bonds. The maximum atomic E-state index is 14.0. The number of hydrogen-bond donors (Lipinski definition) is 1. The number of carbonyl (C=O) groups is 3. The number of ether oxygens (including phenoxy) is 1. The van der Waals surface area contributed by atoms with Crippen molar-refractivity contribution in [3.63, 3.8) is 0 Å². The summed E-state index contributed by atoms with van der Waals surface area (Å²) >= 11 is 0. The fraction of sp³-hybridized carbons (Fsp3) is 0.179. The molecule has 3 aliphatic rings. The Balaban J connectivity index is 1.42. The van der Waals surface area contributed by atoms with Gasteiger partial charge < -0.3 is 15.0 Å². The van der Waals surface area contributed by atoms with Crippen LogP contribution in [0.5, 0.6) is 5.75 Å². The zero-order valence-corrected chi connectivity index (χ0v) is 20.2. The molecule has 0 unspecified atom stereocenters. The predicted octanol–water partition coefficient (Wildman–Crippen LogP) is 3.63. The fourth-order valence-electron chi connectivity index (χ4n) is 5.75. The van der Waals surface area contributed by atoms with Crippen molar-refractivity contribution < 1.29 is 24.0 Å². The summed E-state index contributed by atoms with van der Waals surface area (Å²) in [5, 5.41) is 13.8. The van der Waals surface area contributed by atoms with Gasteiger partial charge in [0, 0.05) is 23.5 Å². The molecule has 3 aromatic rings. The van der Waals surface area contributed by atoms with Gasteiger partial charge in [0.1, 0.15) is 11.8 Å². The topological polar surface area (TPSA) is 122 Å². The minimum absolute atomic E-state index is 0.108. The molecule has 1 N–H and O–H groups in total. The van der Waals surface area contributed by atoms with Crippen molar-refractivity contribution in [1.29, 1.82) is 0 Å². The lowest BCUT2D eigenvalue weighted by atomic mass is 9.88. The number of carbonyl (C=O) groups excluding carboxylic acids is 3. The molecule has 2 saturated heterocycles. The van der Waals surface area contributed by atoms with Gasteiger partial charge >= 0.3 is 0 Å². The number of nitro benzene ring substituents is 1. The Morgan fingerprint density at radius 2 is 1.58 bits per heavy atom. The van der Waals surface area contributed by atoms with E-state index in [9.17, 15) is 24.5 Å². The van der Waals surface area contributed by atoms with Crippen molar-refractivity contribution in [3.05, 3.63) is 94.6 Å². The van der Waals surface area contributed by atoms with Crippen molar-refractivity contribution in [2.75, 3.05) is 22.2 Å². The van der Waals surface area contributed by atoms with Gasteiger partial charge in [0.05, 0.1) is 35.6 Å². The van der Waals surface area contributed by atoms with Crippen LogP contribution in [0.25, 0.3) is 6.08 Å². The Bertz CT molecular complexity index is 1520. The predicted molar refractivity (Wildman–Crippen MR) is 140 cm³/mol. The van der Waals surface area contributed by atoms with E-state index in [4.69, 9.17) is 4.74 Å². The highest BCUT2D eigenvalue weighted by molar-refractivity contribution is 6.25. The molecule has 3 aliphatic heterocycles. The lowest BCUT2D eigenvalue weighted by Gasteiger charge is -2.36. The number of amides is 3. The Morgan fingerprint density at radius 1 is 0.921 bits per heavy atom. The van der Waals surface area contributed by atoms with Gasteiger partial charge in [-0.05, 0) is 35.9 Å². The molecule has 0 aliphatic carbocycles. The van der Waals surface area contributed by atoms with Crippen LogP contribution in [0.15, 0.2) is 78.9 Å². The van der Waals surface area contributed by atoms with E-state index >= 15 is 0 Å². The molecule has 3 aromatic carbocycles. The second-order valence-corrected chi connectivity index (χ2v) is 9.29. The zero-order valence-electron chi connectivity index (χ0n) is 20.2. The van der Waals surface area contributed by atoms with Crippen LogP contribution in [0.3, 0.4) is 0 Å². The normalized spacial score (nSPS) is 23.1. The van der Waals surface area contributed by atoms with E-state index in [1.165, 1.54) is 31.4 Å². The molecule has 190 valence electrons. The van der Waals surface area contributed by atoms with Crippen LogP contribution in [0, 0.1) is 22.0 Å². The summed E-state index contributed by atoms with van der Waals surface area (Å²) in [6.45, 7) is 0. The third-order valence-electron chi connectivity index (χ3n) is 7.36. The summed E-state index contributed by atoms with van der Waals surface area (Å²) in [7, 11) is 1.47. The Morgan fingerprint density at radius 3 is 2.29 bits per heavy atom. The molecule has 0 spiro atoms. The van der Waals surface area contributed by atoms with Crippen LogP contribution in [0.1, 0.15) is 5.56 Å². The quantitative estimate of drug-likeness (QED) is 0.316. The van der Waals surface area contributed by atoms with Crippen LogP contribution in [-0.2, 0) is 14.4 Å². The van der Waals surface area contributed by atoms with E-state index < -0.39 is 46.6 Å². The first kappa shape index (κ1) is 23.4. The minimum atomic E-state index is -0.998. The molecule has 6 rings (SSSR count). The van der Waals surface area contributed by atoms with E-state index in [2.05, 4.69) is 5.32 Å². The van der Waals surface area contributed by atoms with Gasteiger partial charge in [0.15, 0.2) is 0 Å². The molecule has 10 heteroatoms. The van der Waals surface area contributed by atoms with Crippen LogP contribution in [0.2, 0.25) is 0 Å². The summed E-state index contributed by atoms with van der Waals surface area (Å²) in [4.78, 5) is 55.1. The molecule has 0 saturated carbocycles. The Kier molecular flexibility index (Phi) is 5.45. The summed E-state index contributed by atoms with van der Waals surface area (Å²) in [6.07, 6.45) is 3.78. The number of methoxy groups -OCH3 is 1. The highest BCUT2D eigenvalue weighted by Crippen LogP contribution is 2.50. The first-order chi connectivity index (χ1) is 18.4. The maximum Gasteiger partial charge on any atom is 0.269 e. The van der Waals surface area contributed by atoms with Gasteiger partial charge in [-0.25, -0.2) is 4.90 Å². The standard InChI is InChI=1S/C28H22N4O6/c1-38-22-9-5-4-8-20(22)31-27(34)23-21-15-10-16-6-2-3-7-19(16)30(21)25(24(23)28(31)35)26(33)29-17-11-13-18(14-12-17)32(36)37/h2-15,21,23-25H,1H3,(H,29,33)/t21-,23+,24+,25-/m1/s1. The van der Waals surface area contributed by atoms with Crippen molar-refractivity contribution in [2.45, 2.75) is 12.1 Å². The number of fused-ring (bicyclic) bond motifs is 5. The Labute approximate surface area is 217 Å². The number of rotatable bonds is 5. The lowest BCUT2D eigenvalue weighted by Crippen LogP contribution is -2.50. The number of imide groups is 1. The van der Waals surface area contributed by atoms with Crippen molar-refractivity contribution in [2.24, 2.45) is 11.8 Å². The molecule has 0 radical (unpaired) electrons. The number of para-hydroxylation sites is 3. The number of anilines is 3. The highest BCUT2D eigenvalue weighted by Gasteiger charge is 2.64. The molecule has 3 heterocycles. The van der Waals surface area contributed by atoms with Gasteiger partial charge in [-0.3, -0.25) is 24.5 Å². The summed E-state index contributed by atoms with van der Waals surface area (Å²) in [5.74, 6) is -2.72. The van der Waals surface area contributed by atoms with Crippen LogP contribution >= 0.6 is 0 Å². The number of nitro groups is 1. The molecular weight excluding hydrogens is 488 g/mol. The van der Waals surface area contributed by atoms with Gasteiger partial charge in [-0.15, -0.1) is 0 Å². The third kappa shape index (κ3) is 3.45. The van der Waals surface area contributed by atoms with Crippen molar-refractivity contribution in [3.8, 4) is 5.75 Å². The minimum Gasteiger partial charge on any atom is -0.495 e. The number of non-ortho nitro benzene ring substituents is 1. The molecule has 2 fully saturated rings. The maximum absolute atomic E-state index is 14.0. The number of hydrogen-bond acceptors (Lipinski definition) is 7. The van der Waals surface area contributed by atoms with Crippen molar-refractivity contribution in [1.82, 2.24) is 0 Å². The number of benzene rings is 3. The van der Waals surface area contributed by atoms with Crippen molar-refractivity contribution >= 4 is 46.5 Å². The van der Waals surface area contributed by atoms with Crippen LogP contribution in [-0.4, -0.2) is 41.8 Å². The third-order valence-corrected chi connectivity index (χ3v) is 7.36. The van der Waals surface area contributed by atoms with E-state index in [1.54, 1.807) is 24.3 Å². The first-order valence-electron chi connectivity index (χ1n) is 12.0. The molecule has 0 bridgehead atoms. The van der Waals surface area contributed by atoms with Gasteiger partial charge in [-0.1, -0.05) is 42.5 Å².